The van der Waals surface area contributed by atoms with Crippen molar-refractivity contribution in [1.29, 1.82) is 0 Å². The number of imide groups is 1. The minimum Gasteiger partial charge on any atom is -0.345 e. The van der Waals surface area contributed by atoms with Crippen molar-refractivity contribution in [3.05, 3.63) is 70.8 Å². The summed E-state index contributed by atoms with van der Waals surface area (Å²) < 4.78 is 0. The van der Waals surface area contributed by atoms with Crippen LogP contribution in [0.1, 0.15) is 45.9 Å². The predicted molar refractivity (Wildman–Crippen MR) is 100.0 cm³/mol. The fraction of sp³-hybridized carbons (Fsp3) is 0.286. The summed E-state index contributed by atoms with van der Waals surface area (Å²) in [6, 6.07) is 14.9. The lowest BCUT2D eigenvalue weighted by molar-refractivity contribution is -0.125. The molecule has 1 aliphatic carbocycles. The Balaban J connectivity index is 1.43. The number of carbonyl (C=O) groups is 3. The number of aryl methyl sites for hydroxylation is 1. The van der Waals surface area contributed by atoms with Crippen LogP contribution in [0.3, 0.4) is 0 Å². The Morgan fingerprint density at radius 3 is 2.63 bits per heavy atom. The molecule has 138 valence electrons. The van der Waals surface area contributed by atoms with E-state index in [1.165, 1.54) is 16.0 Å². The Labute approximate surface area is 157 Å². The number of amides is 4. The summed E-state index contributed by atoms with van der Waals surface area (Å²) in [7, 11) is 0. The molecule has 6 nitrogen and oxygen atoms in total. The van der Waals surface area contributed by atoms with Crippen LogP contribution in [0.4, 0.5) is 4.79 Å². The van der Waals surface area contributed by atoms with Gasteiger partial charge in [0.25, 0.3) is 5.91 Å². The van der Waals surface area contributed by atoms with Crippen LogP contribution in [0.5, 0.6) is 0 Å². The fourth-order valence-electron chi connectivity index (χ4n) is 3.70. The molecular formula is C21H21N3O3. The van der Waals surface area contributed by atoms with Gasteiger partial charge in [0.2, 0.25) is 5.91 Å². The van der Waals surface area contributed by atoms with E-state index in [4.69, 9.17) is 0 Å². The van der Waals surface area contributed by atoms with Crippen LogP contribution in [0.2, 0.25) is 0 Å². The number of fused-ring (bicyclic) bond motifs is 1. The van der Waals surface area contributed by atoms with Crippen molar-refractivity contribution < 1.29 is 14.4 Å². The second kappa shape index (κ2) is 7.23. The summed E-state index contributed by atoms with van der Waals surface area (Å²) in [5.41, 5.74) is 3.88. The Morgan fingerprint density at radius 1 is 1.11 bits per heavy atom. The van der Waals surface area contributed by atoms with E-state index in [1.54, 1.807) is 24.3 Å². The minimum atomic E-state index is -0.377. The molecule has 1 saturated heterocycles. The van der Waals surface area contributed by atoms with Gasteiger partial charge in [-0.15, -0.1) is 0 Å². The Hall–Kier alpha value is -3.15. The van der Waals surface area contributed by atoms with E-state index in [9.17, 15) is 14.4 Å². The van der Waals surface area contributed by atoms with Crippen LogP contribution in [0, 0.1) is 0 Å². The van der Waals surface area contributed by atoms with E-state index in [2.05, 4.69) is 22.8 Å². The number of carbonyl (C=O) groups excluding carboxylic acids is 3. The van der Waals surface area contributed by atoms with Gasteiger partial charge >= 0.3 is 6.03 Å². The highest BCUT2D eigenvalue weighted by atomic mass is 16.2. The van der Waals surface area contributed by atoms with Crippen LogP contribution in [0.15, 0.2) is 48.5 Å². The zero-order valence-electron chi connectivity index (χ0n) is 14.9. The molecule has 6 heteroatoms. The monoisotopic (exact) mass is 363 g/mol. The van der Waals surface area contributed by atoms with Crippen LogP contribution in [-0.4, -0.2) is 29.3 Å². The van der Waals surface area contributed by atoms with Gasteiger partial charge in [0.1, 0.15) is 0 Å². The predicted octanol–water partition coefficient (Wildman–Crippen LogP) is 2.55. The molecule has 1 aliphatic heterocycles. The highest BCUT2D eigenvalue weighted by Crippen LogP contribution is 2.29. The Morgan fingerprint density at radius 2 is 1.89 bits per heavy atom. The molecule has 0 radical (unpaired) electrons. The molecule has 1 atom stereocenters. The average Bonchev–Trinajstić information content (AvgIpc) is 3.01. The summed E-state index contributed by atoms with van der Waals surface area (Å²) in [6.45, 7) is 0.255. The third-order valence-electron chi connectivity index (χ3n) is 5.17. The van der Waals surface area contributed by atoms with Gasteiger partial charge < -0.3 is 10.6 Å². The van der Waals surface area contributed by atoms with Gasteiger partial charge in [-0.1, -0.05) is 36.4 Å². The summed E-state index contributed by atoms with van der Waals surface area (Å²) in [5, 5.41) is 5.63. The molecule has 1 unspecified atom stereocenters. The standard InChI is InChI=1S/C21H21N3O3/c25-19-12-22-21(27)24(19)13-14-8-10-16(11-9-14)20(26)23-18-7-3-5-15-4-1-2-6-17(15)18/h1-2,4,6,8-11,18H,3,5,7,12-13H2,(H,22,27)(H,23,26). The van der Waals surface area contributed by atoms with E-state index >= 15 is 0 Å². The number of nitrogens with zero attached hydrogens (tertiary/aromatic N) is 1. The summed E-state index contributed by atoms with van der Waals surface area (Å²) in [4.78, 5) is 37.1. The number of urea groups is 1. The Kier molecular flexibility index (Phi) is 4.62. The van der Waals surface area contributed by atoms with Gasteiger partial charge in [0.05, 0.1) is 19.1 Å². The van der Waals surface area contributed by atoms with Gasteiger partial charge in [-0.25, -0.2) is 4.79 Å². The van der Waals surface area contributed by atoms with Gasteiger partial charge in [0.15, 0.2) is 0 Å². The number of hydrogen-bond acceptors (Lipinski definition) is 3. The molecule has 27 heavy (non-hydrogen) atoms. The van der Waals surface area contributed by atoms with Crippen LogP contribution in [-0.2, 0) is 17.8 Å². The first-order valence-corrected chi connectivity index (χ1v) is 9.17. The van der Waals surface area contributed by atoms with Crippen molar-refractivity contribution in [2.75, 3.05) is 6.54 Å². The maximum Gasteiger partial charge on any atom is 0.324 e. The van der Waals surface area contributed by atoms with Crippen molar-refractivity contribution in [2.45, 2.75) is 31.8 Å². The molecule has 1 fully saturated rings. The molecule has 2 aliphatic rings. The first kappa shape index (κ1) is 17.3. The summed E-state index contributed by atoms with van der Waals surface area (Å²) in [5.74, 6) is -0.351. The second-order valence-electron chi connectivity index (χ2n) is 6.95. The molecule has 4 rings (SSSR count). The van der Waals surface area contributed by atoms with E-state index < -0.39 is 0 Å². The molecule has 0 saturated carbocycles. The second-order valence-corrected chi connectivity index (χ2v) is 6.95. The van der Waals surface area contributed by atoms with Crippen LogP contribution >= 0.6 is 0 Å². The minimum absolute atomic E-state index is 0.0352. The quantitative estimate of drug-likeness (QED) is 0.820. The largest absolute Gasteiger partial charge is 0.345 e. The molecule has 2 N–H and O–H groups in total. The highest BCUT2D eigenvalue weighted by molar-refractivity contribution is 6.01. The van der Waals surface area contributed by atoms with E-state index in [1.807, 2.05) is 12.1 Å². The van der Waals surface area contributed by atoms with Crippen LogP contribution in [0.25, 0.3) is 0 Å². The topological polar surface area (TPSA) is 78.5 Å². The van der Waals surface area contributed by atoms with Crippen molar-refractivity contribution in [3.63, 3.8) is 0 Å². The van der Waals surface area contributed by atoms with Crippen LogP contribution < -0.4 is 10.6 Å². The van der Waals surface area contributed by atoms with Gasteiger partial charge in [-0.05, 0) is 48.1 Å². The zero-order valence-corrected chi connectivity index (χ0v) is 14.9. The first-order valence-electron chi connectivity index (χ1n) is 9.17. The molecule has 0 bridgehead atoms. The van der Waals surface area contributed by atoms with E-state index in [0.29, 0.717) is 5.56 Å². The van der Waals surface area contributed by atoms with Gasteiger partial charge in [-0.3, -0.25) is 14.5 Å². The van der Waals surface area contributed by atoms with Crippen molar-refractivity contribution >= 4 is 17.8 Å². The highest BCUT2D eigenvalue weighted by Gasteiger charge is 2.28. The first-order chi connectivity index (χ1) is 13.1. The smallest absolute Gasteiger partial charge is 0.324 e. The molecule has 2 aromatic carbocycles. The molecule has 2 aromatic rings. The molecule has 0 spiro atoms. The SMILES string of the molecule is O=C(NC1CCCc2ccccc21)c1ccc(CN2C(=O)CNC2=O)cc1. The van der Waals surface area contributed by atoms with Crippen molar-refractivity contribution in [2.24, 2.45) is 0 Å². The molecular weight excluding hydrogens is 342 g/mol. The normalized spacial score (nSPS) is 18.8. The average molecular weight is 363 g/mol. The Bertz CT molecular complexity index is 876. The number of rotatable bonds is 4. The number of benzene rings is 2. The third-order valence-corrected chi connectivity index (χ3v) is 5.17. The molecule has 1 heterocycles. The van der Waals surface area contributed by atoms with Crippen molar-refractivity contribution in [3.8, 4) is 0 Å². The lowest BCUT2D eigenvalue weighted by Crippen LogP contribution is -2.31. The number of hydrogen-bond donors (Lipinski definition) is 2. The van der Waals surface area contributed by atoms with E-state index in [-0.39, 0.29) is 37.0 Å². The summed E-state index contributed by atoms with van der Waals surface area (Å²) >= 11 is 0. The third kappa shape index (κ3) is 3.56. The lowest BCUT2D eigenvalue weighted by Gasteiger charge is -2.26. The van der Waals surface area contributed by atoms with Crippen molar-refractivity contribution in [1.82, 2.24) is 15.5 Å². The molecule has 4 amide bonds. The lowest BCUT2D eigenvalue weighted by atomic mass is 9.87. The van der Waals surface area contributed by atoms with Gasteiger partial charge in [0, 0.05) is 5.56 Å². The maximum absolute atomic E-state index is 12.6. The number of nitrogens with one attached hydrogen (secondary N) is 2. The maximum atomic E-state index is 12.6. The summed E-state index contributed by atoms with van der Waals surface area (Å²) in [6.07, 6.45) is 3.06. The van der Waals surface area contributed by atoms with Gasteiger partial charge in [-0.2, -0.15) is 0 Å². The molecule has 0 aromatic heterocycles. The van der Waals surface area contributed by atoms with E-state index in [0.717, 1.165) is 24.8 Å². The zero-order chi connectivity index (χ0) is 18.8. The fourth-order valence-corrected chi connectivity index (χ4v) is 3.70.